The Morgan fingerprint density at radius 3 is 2.38 bits per heavy atom. The fourth-order valence-corrected chi connectivity index (χ4v) is 2.47. The van der Waals surface area contributed by atoms with Crippen LogP contribution in [0.4, 0.5) is 8.78 Å². The summed E-state index contributed by atoms with van der Waals surface area (Å²) in [5.41, 5.74) is 0. The summed E-state index contributed by atoms with van der Waals surface area (Å²) >= 11 is 0. The lowest BCUT2D eigenvalue weighted by atomic mass is 9.87. The van der Waals surface area contributed by atoms with Gasteiger partial charge in [-0.3, -0.25) is 0 Å². The molecule has 0 spiro atoms. The zero-order valence-corrected chi connectivity index (χ0v) is 8.02. The molecule has 0 aromatic rings. The van der Waals surface area contributed by atoms with Crippen LogP contribution in [0.3, 0.4) is 0 Å². The van der Waals surface area contributed by atoms with Gasteiger partial charge in [-0.25, -0.2) is 8.78 Å². The molecule has 2 rings (SSSR count). The molecule has 3 heteroatoms. The number of alkyl halides is 2. The molecule has 0 aromatic carbocycles. The van der Waals surface area contributed by atoms with Crippen LogP contribution in [0.5, 0.6) is 0 Å². The monoisotopic (exact) mass is 189 g/mol. The zero-order valence-electron chi connectivity index (χ0n) is 8.02. The van der Waals surface area contributed by atoms with Gasteiger partial charge in [0, 0.05) is 24.9 Å². The third kappa shape index (κ3) is 2.01. The van der Waals surface area contributed by atoms with E-state index in [-0.39, 0.29) is 18.9 Å². The van der Waals surface area contributed by atoms with E-state index in [0.29, 0.717) is 12.0 Å². The summed E-state index contributed by atoms with van der Waals surface area (Å²) in [5, 5.41) is 3.34. The molecule has 1 nitrogen and oxygen atoms in total. The molecule has 76 valence electrons. The molecule has 0 bridgehead atoms. The first-order chi connectivity index (χ1) is 6.07. The lowest BCUT2D eigenvalue weighted by Gasteiger charge is -2.38. The van der Waals surface area contributed by atoms with Crippen molar-refractivity contribution in [2.45, 2.75) is 57.0 Å². The largest absolute Gasteiger partial charge is 0.311 e. The normalized spacial score (nSPS) is 39.0. The average Bonchev–Trinajstić information content (AvgIpc) is 2.33. The number of hydrogen-bond donors (Lipinski definition) is 1. The molecule has 13 heavy (non-hydrogen) atoms. The van der Waals surface area contributed by atoms with Crippen LogP contribution in [0.2, 0.25) is 0 Å². The molecule has 0 aliphatic heterocycles. The van der Waals surface area contributed by atoms with Crippen LogP contribution >= 0.6 is 0 Å². The van der Waals surface area contributed by atoms with E-state index >= 15 is 0 Å². The third-order valence-corrected chi connectivity index (χ3v) is 3.40. The van der Waals surface area contributed by atoms with Crippen LogP contribution in [0.25, 0.3) is 0 Å². The molecule has 0 heterocycles. The van der Waals surface area contributed by atoms with Crippen LogP contribution in [-0.4, -0.2) is 18.0 Å². The summed E-state index contributed by atoms with van der Waals surface area (Å²) in [6.45, 7) is 2.21. The van der Waals surface area contributed by atoms with Crippen molar-refractivity contribution in [3.05, 3.63) is 0 Å². The minimum absolute atomic E-state index is 0.0518. The van der Waals surface area contributed by atoms with E-state index in [0.717, 1.165) is 0 Å². The van der Waals surface area contributed by atoms with Crippen LogP contribution in [0, 0.1) is 5.92 Å². The number of halogens is 2. The Bertz CT molecular complexity index is 185. The molecular weight excluding hydrogens is 172 g/mol. The van der Waals surface area contributed by atoms with Gasteiger partial charge in [0.25, 0.3) is 5.92 Å². The Hall–Kier alpha value is -0.180. The molecule has 2 aliphatic rings. The second-order valence-corrected chi connectivity index (χ2v) is 4.64. The molecule has 0 saturated heterocycles. The van der Waals surface area contributed by atoms with Gasteiger partial charge in [-0.1, -0.05) is 13.3 Å². The van der Waals surface area contributed by atoms with Crippen molar-refractivity contribution < 1.29 is 8.78 Å². The topological polar surface area (TPSA) is 12.0 Å². The van der Waals surface area contributed by atoms with Gasteiger partial charge in [0.1, 0.15) is 0 Å². The summed E-state index contributed by atoms with van der Waals surface area (Å²) in [5.74, 6) is -1.70. The minimum atomic E-state index is -2.38. The SMILES string of the molecule is CC1CCCC1NC1CC(F)(F)C1. The lowest BCUT2D eigenvalue weighted by molar-refractivity contribution is -0.0953. The number of nitrogens with one attached hydrogen (secondary N) is 1. The van der Waals surface area contributed by atoms with Gasteiger partial charge in [0.15, 0.2) is 0 Å². The molecule has 0 radical (unpaired) electrons. The van der Waals surface area contributed by atoms with Gasteiger partial charge in [-0.2, -0.15) is 0 Å². The van der Waals surface area contributed by atoms with Gasteiger partial charge in [0.2, 0.25) is 0 Å². The highest BCUT2D eigenvalue weighted by Gasteiger charge is 2.46. The van der Waals surface area contributed by atoms with Crippen LogP contribution in [0.15, 0.2) is 0 Å². The predicted molar refractivity (Wildman–Crippen MR) is 47.9 cm³/mol. The third-order valence-electron chi connectivity index (χ3n) is 3.40. The highest BCUT2D eigenvalue weighted by molar-refractivity contribution is 4.94. The minimum Gasteiger partial charge on any atom is -0.311 e. The average molecular weight is 189 g/mol. The molecule has 2 atom stereocenters. The van der Waals surface area contributed by atoms with Crippen LogP contribution in [0.1, 0.15) is 39.0 Å². The standard InChI is InChI=1S/C10H17F2N/c1-7-3-2-4-9(7)13-8-5-10(11,12)6-8/h7-9,13H,2-6H2,1H3. The molecule has 2 unspecified atom stereocenters. The Kier molecular flexibility index (Phi) is 2.30. The van der Waals surface area contributed by atoms with E-state index in [1.54, 1.807) is 0 Å². The first-order valence-electron chi connectivity index (χ1n) is 5.21. The quantitative estimate of drug-likeness (QED) is 0.704. The van der Waals surface area contributed by atoms with Crippen molar-refractivity contribution in [3.63, 3.8) is 0 Å². The Balaban J connectivity index is 1.74. The zero-order chi connectivity index (χ0) is 9.47. The lowest BCUT2D eigenvalue weighted by Crippen LogP contribution is -2.52. The van der Waals surface area contributed by atoms with E-state index in [2.05, 4.69) is 12.2 Å². The van der Waals surface area contributed by atoms with Gasteiger partial charge < -0.3 is 5.32 Å². The summed E-state index contributed by atoms with van der Waals surface area (Å²) in [6, 6.07) is 0.585. The van der Waals surface area contributed by atoms with Crippen molar-refractivity contribution in [1.82, 2.24) is 5.32 Å². The van der Waals surface area contributed by atoms with E-state index < -0.39 is 5.92 Å². The van der Waals surface area contributed by atoms with Crippen molar-refractivity contribution in [2.75, 3.05) is 0 Å². The predicted octanol–water partition coefficient (Wildman–Crippen LogP) is 2.56. The first kappa shape index (κ1) is 9.38. The molecule has 2 aliphatic carbocycles. The van der Waals surface area contributed by atoms with Gasteiger partial charge in [-0.05, 0) is 18.8 Å². The molecule has 1 N–H and O–H groups in total. The van der Waals surface area contributed by atoms with Crippen molar-refractivity contribution >= 4 is 0 Å². The highest BCUT2D eigenvalue weighted by atomic mass is 19.3. The molecule has 2 fully saturated rings. The maximum atomic E-state index is 12.5. The van der Waals surface area contributed by atoms with Crippen molar-refractivity contribution in [1.29, 1.82) is 0 Å². The molecule has 0 amide bonds. The van der Waals surface area contributed by atoms with Crippen molar-refractivity contribution in [3.8, 4) is 0 Å². The Labute approximate surface area is 77.9 Å². The fourth-order valence-electron chi connectivity index (χ4n) is 2.47. The second kappa shape index (κ2) is 3.19. The van der Waals surface area contributed by atoms with Gasteiger partial charge >= 0.3 is 0 Å². The fraction of sp³-hybridized carbons (Fsp3) is 1.00. The van der Waals surface area contributed by atoms with Crippen LogP contribution in [-0.2, 0) is 0 Å². The molecule has 2 saturated carbocycles. The summed E-state index contributed by atoms with van der Waals surface area (Å²) in [4.78, 5) is 0. The van der Waals surface area contributed by atoms with E-state index in [1.807, 2.05) is 0 Å². The second-order valence-electron chi connectivity index (χ2n) is 4.64. The highest BCUT2D eigenvalue weighted by Crippen LogP contribution is 2.38. The maximum Gasteiger partial charge on any atom is 0.251 e. The Morgan fingerprint density at radius 1 is 1.23 bits per heavy atom. The summed E-state index contributed by atoms with van der Waals surface area (Å²) in [6.07, 6.45) is 3.78. The van der Waals surface area contributed by atoms with E-state index in [4.69, 9.17) is 0 Å². The number of hydrogen-bond acceptors (Lipinski definition) is 1. The summed E-state index contributed by atoms with van der Waals surface area (Å²) in [7, 11) is 0. The molecular formula is C10H17F2N. The number of rotatable bonds is 2. The van der Waals surface area contributed by atoms with Crippen LogP contribution < -0.4 is 5.32 Å². The van der Waals surface area contributed by atoms with E-state index in [9.17, 15) is 8.78 Å². The van der Waals surface area contributed by atoms with Gasteiger partial charge in [0.05, 0.1) is 0 Å². The Morgan fingerprint density at radius 2 is 1.92 bits per heavy atom. The van der Waals surface area contributed by atoms with Crippen molar-refractivity contribution in [2.24, 2.45) is 5.92 Å². The molecule has 0 aromatic heterocycles. The first-order valence-corrected chi connectivity index (χ1v) is 5.21. The van der Waals surface area contributed by atoms with Gasteiger partial charge in [-0.15, -0.1) is 0 Å². The van der Waals surface area contributed by atoms with E-state index in [1.165, 1.54) is 19.3 Å². The summed E-state index contributed by atoms with van der Waals surface area (Å²) < 4.78 is 25.0. The smallest absolute Gasteiger partial charge is 0.251 e. The maximum absolute atomic E-state index is 12.5.